The van der Waals surface area contributed by atoms with Crippen molar-refractivity contribution in [2.75, 3.05) is 0 Å². The van der Waals surface area contributed by atoms with Crippen LogP contribution < -0.4 is 0 Å². The minimum Gasteiger partial charge on any atom is -0.437 e. The van der Waals surface area contributed by atoms with Crippen molar-refractivity contribution in [1.29, 1.82) is 0 Å². The number of para-hydroxylation sites is 3. The molecule has 0 saturated carbocycles. The maximum Gasteiger partial charge on any atom is 0.227 e. The summed E-state index contributed by atoms with van der Waals surface area (Å²) in [5, 5.41) is 4.40. The quantitative estimate of drug-likeness (QED) is 0.383. The van der Waals surface area contributed by atoms with E-state index in [0.29, 0.717) is 5.71 Å². The van der Waals surface area contributed by atoms with Crippen LogP contribution in [-0.2, 0) is 7.05 Å². The number of fused-ring (bicyclic) bond motifs is 6. The molecule has 27 heavy (non-hydrogen) atoms. The Labute approximate surface area is 154 Å². The third-order valence-electron chi connectivity index (χ3n) is 5.28. The molecule has 0 radical (unpaired) electrons. The van der Waals surface area contributed by atoms with Crippen LogP contribution in [0.2, 0.25) is 0 Å². The topological polar surface area (TPSA) is 43.9 Å². The third kappa shape index (κ3) is 1.92. The Kier molecular flexibility index (Phi) is 2.78. The summed E-state index contributed by atoms with van der Waals surface area (Å²) in [5.41, 5.74) is 4.55. The number of nitrogens with zero attached hydrogens (tertiary/aromatic N) is 3. The van der Waals surface area contributed by atoms with Crippen LogP contribution in [0, 0.1) is 0 Å². The molecule has 3 heterocycles. The van der Waals surface area contributed by atoms with E-state index in [1.807, 2.05) is 37.5 Å². The largest absolute Gasteiger partial charge is 0.437 e. The number of benzene rings is 3. The molecule has 0 N–H and O–H groups in total. The van der Waals surface area contributed by atoms with Gasteiger partial charge in [0, 0.05) is 24.0 Å². The van der Waals surface area contributed by atoms with Crippen LogP contribution in [0.5, 0.6) is 0 Å². The van der Waals surface area contributed by atoms with Crippen molar-refractivity contribution in [2.45, 2.75) is 0 Å². The van der Waals surface area contributed by atoms with Crippen LogP contribution in [-0.4, -0.2) is 14.5 Å². The highest BCUT2D eigenvalue weighted by atomic mass is 16.3. The van der Waals surface area contributed by atoms with E-state index < -0.39 is 0 Å². The van der Waals surface area contributed by atoms with Gasteiger partial charge in [-0.15, -0.1) is 0 Å². The molecule has 0 aliphatic rings. The van der Waals surface area contributed by atoms with Gasteiger partial charge in [-0.2, -0.15) is 0 Å². The van der Waals surface area contributed by atoms with Gasteiger partial charge < -0.3 is 8.98 Å². The van der Waals surface area contributed by atoms with Gasteiger partial charge in [-0.3, -0.25) is 0 Å². The predicted molar refractivity (Wildman–Crippen MR) is 109 cm³/mol. The van der Waals surface area contributed by atoms with Crippen LogP contribution in [0.4, 0.5) is 0 Å². The van der Waals surface area contributed by atoms with Gasteiger partial charge in [0.15, 0.2) is 0 Å². The SMILES string of the molecule is Cn1c(-c2cccc3c2oc2ncc4ccccc4c23)nc2ccccc21. The van der Waals surface area contributed by atoms with E-state index >= 15 is 0 Å². The summed E-state index contributed by atoms with van der Waals surface area (Å²) in [7, 11) is 2.04. The van der Waals surface area contributed by atoms with E-state index in [1.165, 1.54) is 0 Å². The summed E-state index contributed by atoms with van der Waals surface area (Å²) in [4.78, 5) is 9.40. The molecule has 6 rings (SSSR count). The van der Waals surface area contributed by atoms with E-state index in [4.69, 9.17) is 9.40 Å². The lowest BCUT2D eigenvalue weighted by Gasteiger charge is -2.03. The molecule has 6 aromatic rings. The van der Waals surface area contributed by atoms with E-state index in [2.05, 4.69) is 52.0 Å². The fourth-order valence-electron chi connectivity index (χ4n) is 3.99. The molecule has 128 valence electrons. The van der Waals surface area contributed by atoms with Crippen LogP contribution in [0.1, 0.15) is 0 Å². The zero-order valence-corrected chi connectivity index (χ0v) is 14.7. The predicted octanol–water partition coefficient (Wildman–Crippen LogP) is 5.69. The monoisotopic (exact) mass is 349 g/mol. The molecule has 0 aliphatic carbocycles. The maximum absolute atomic E-state index is 6.23. The molecule has 0 spiro atoms. The number of furan rings is 1. The molecule has 4 heteroatoms. The number of pyridine rings is 1. The molecule has 0 aliphatic heterocycles. The Bertz CT molecular complexity index is 1490. The fraction of sp³-hybridized carbons (Fsp3) is 0.0435. The molecule has 0 fully saturated rings. The van der Waals surface area contributed by atoms with Gasteiger partial charge in [-0.05, 0) is 23.6 Å². The van der Waals surface area contributed by atoms with Crippen molar-refractivity contribution in [3.63, 3.8) is 0 Å². The number of aryl methyl sites for hydroxylation is 1. The van der Waals surface area contributed by atoms with Gasteiger partial charge in [0.1, 0.15) is 11.4 Å². The highest BCUT2D eigenvalue weighted by Gasteiger charge is 2.18. The van der Waals surface area contributed by atoms with Crippen molar-refractivity contribution in [1.82, 2.24) is 14.5 Å². The number of aromatic nitrogens is 3. The average molecular weight is 349 g/mol. The molecule has 0 saturated heterocycles. The van der Waals surface area contributed by atoms with Gasteiger partial charge in [0.25, 0.3) is 0 Å². The summed E-state index contributed by atoms with van der Waals surface area (Å²) < 4.78 is 8.35. The molecule has 4 nitrogen and oxygen atoms in total. The summed E-state index contributed by atoms with van der Waals surface area (Å²) >= 11 is 0. The fourth-order valence-corrected chi connectivity index (χ4v) is 3.99. The molecular formula is C23H15N3O. The van der Waals surface area contributed by atoms with Crippen molar-refractivity contribution in [3.05, 3.63) is 72.9 Å². The lowest BCUT2D eigenvalue weighted by Crippen LogP contribution is -1.92. The minimum absolute atomic E-state index is 0.662. The Hall–Kier alpha value is -3.66. The van der Waals surface area contributed by atoms with Crippen LogP contribution >= 0.6 is 0 Å². The van der Waals surface area contributed by atoms with E-state index in [-0.39, 0.29) is 0 Å². The molecule has 0 bridgehead atoms. The smallest absolute Gasteiger partial charge is 0.227 e. The van der Waals surface area contributed by atoms with Crippen molar-refractivity contribution in [3.8, 4) is 11.4 Å². The van der Waals surface area contributed by atoms with Gasteiger partial charge >= 0.3 is 0 Å². The lowest BCUT2D eigenvalue weighted by atomic mass is 10.0. The van der Waals surface area contributed by atoms with Crippen LogP contribution in [0.25, 0.3) is 55.3 Å². The van der Waals surface area contributed by atoms with E-state index in [1.54, 1.807) is 0 Å². The molecule has 0 atom stereocenters. The molecule has 0 amide bonds. The number of hydrogen-bond donors (Lipinski definition) is 0. The zero-order valence-electron chi connectivity index (χ0n) is 14.7. The second-order valence-electron chi connectivity index (χ2n) is 6.79. The first-order chi connectivity index (χ1) is 13.3. The highest BCUT2D eigenvalue weighted by molar-refractivity contribution is 6.19. The second-order valence-corrected chi connectivity index (χ2v) is 6.79. The Morgan fingerprint density at radius 1 is 0.852 bits per heavy atom. The molecule has 0 unspecified atom stereocenters. The number of imidazole rings is 1. The Morgan fingerprint density at radius 3 is 2.59 bits per heavy atom. The Morgan fingerprint density at radius 2 is 1.67 bits per heavy atom. The average Bonchev–Trinajstić information content (AvgIpc) is 3.26. The highest BCUT2D eigenvalue weighted by Crippen LogP contribution is 2.38. The van der Waals surface area contributed by atoms with Crippen molar-refractivity contribution in [2.24, 2.45) is 7.05 Å². The standard InChI is InChI=1S/C23H15N3O/c1-26-19-12-5-4-11-18(19)25-22(26)17-10-6-9-16-20-15-8-3-2-7-14(15)13-24-23(20)27-21(16)17/h2-13H,1H3. The zero-order chi connectivity index (χ0) is 18.0. The maximum atomic E-state index is 6.23. The molecule has 3 aromatic heterocycles. The molecular weight excluding hydrogens is 334 g/mol. The van der Waals surface area contributed by atoms with Crippen LogP contribution in [0.15, 0.2) is 77.3 Å². The normalized spacial score (nSPS) is 11.9. The number of rotatable bonds is 1. The molecule has 3 aromatic carbocycles. The van der Waals surface area contributed by atoms with Crippen molar-refractivity contribution < 1.29 is 4.42 Å². The first-order valence-electron chi connectivity index (χ1n) is 8.92. The van der Waals surface area contributed by atoms with Crippen molar-refractivity contribution >= 4 is 43.9 Å². The van der Waals surface area contributed by atoms with Crippen LogP contribution in [0.3, 0.4) is 0 Å². The summed E-state index contributed by atoms with van der Waals surface area (Å²) in [6.07, 6.45) is 1.87. The minimum atomic E-state index is 0.662. The first kappa shape index (κ1) is 14.5. The third-order valence-corrected chi connectivity index (χ3v) is 5.28. The summed E-state index contributed by atoms with van der Waals surface area (Å²) in [5.74, 6) is 0.894. The number of hydrogen-bond acceptors (Lipinski definition) is 3. The van der Waals surface area contributed by atoms with Gasteiger partial charge in [-0.1, -0.05) is 48.5 Å². The first-order valence-corrected chi connectivity index (χ1v) is 8.92. The van der Waals surface area contributed by atoms with Gasteiger partial charge in [-0.25, -0.2) is 9.97 Å². The van der Waals surface area contributed by atoms with Gasteiger partial charge in [0.2, 0.25) is 5.71 Å². The lowest BCUT2D eigenvalue weighted by molar-refractivity contribution is 0.655. The van der Waals surface area contributed by atoms with E-state index in [9.17, 15) is 0 Å². The van der Waals surface area contributed by atoms with Gasteiger partial charge in [0.05, 0.1) is 22.0 Å². The summed E-state index contributed by atoms with van der Waals surface area (Å²) in [6, 6.07) is 22.7. The Balaban J connectivity index is 1.75. The van der Waals surface area contributed by atoms with E-state index in [0.717, 1.165) is 49.5 Å². The second kappa shape index (κ2) is 5.17. The summed E-state index contributed by atoms with van der Waals surface area (Å²) in [6.45, 7) is 0.